The summed E-state index contributed by atoms with van der Waals surface area (Å²) in [5, 5.41) is 12.4. The Morgan fingerprint density at radius 1 is 1.16 bits per heavy atom. The predicted octanol–water partition coefficient (Wildman–Crippen LogP) is 6.22. The van der Waals surface area contributed by atoms with Crippen LogP contribution < -0.4 is 20.7 Å². The van der Waals surface area contributed by atoms with Crippen LogP contribution >= 0.6 is 7.37 Å². The number of amides is 1. The molecule has 238 valence electrons. The quantitative estimate of drug-likeness (QED) is 0.219. The number of carbonyl (C=O) groups excluding carboxylic acids is 1. The average Bonchev–Trinajstić information content (AvgIpc) is 3.48. The van der Waals surface area contributed by atoms with E-state index in [1.54, 1.807) is 41.3 Å². The second-order valence-electron chi connectivity index (χ2n) is 10.3. The molecule has 1 atom stereocenters. The van der Waals surface area contributed by atoms with E-state index in [-0.39, 0.29) is 30.1 Å². The van der Waals surface area contributed by atoms with E-state index in [1.165, 1.54) is 20.2 Å². The maximum absolute atomic E-state index is 14.0. The van der Waals surface area contributed by atoms with Gasteiger partial charge in [0.2, 0.25) is 13.3 Å². The van der Waals surface area contributed by atoms with E-state index in [1.807, 2.05) is 6.92 Å². The van der Waals surface area contributed by atoms with Gasteiger partial charge >= 0.3 is 6.18 Å². The summed E-state index contributed by atoms with van der Waals surface area (Å²) in [6, 6.07) is 8.09. The van der Waals surface area contributed by atoms with Gasteiger partial charge in [0, 0.05) is 43.9 Å². The number of rotatable bonds is 4. The zero-order chi connectivity index (χ0) is 32.2. The highest BCUT2D eigenvalue weighted by Gasteiger charge is 2.36. The van der Waals surface area contributed by atoms with E-state index in [0.717, 1.165) is 0 Å². The summed E-state index contributed by atoms with van der Waals surface area (Å²) in [5.41, 5.74) is 0.753. The summed E-state index contributed by atoms with van der Waals surface area (Å²) in [4.78, 5) is 25.3. The Labute approximate surface area is 257 Å². The first-order valence-corrected chi connectivity index (χ1v) is 16.1. The third kappa shape index (κ3) is 7.43. The molecule has 0 saturated carbocycles. The summed E-state index contributed by atoms with van der Waals surface area (Å²) in [7, 11) is -0.220. The van der Waals surface area contributed by atoms with Crippen molar-refractivity contribution < 1.29 is 31.8 Å². The lowest BCUT2D eigenvalue weighted by molar-refractivity contribution is -0.137. The molecule has 1 amide bonds. The first kappa shape index (κ1) is 31.9. The maximum Gasteiger partial charge on any atom is 0.421 e. The first-order chi connectivity index (χ1) is 21.5. The van der Waals surface area contributed by atoms with E-state index in [2.05, 4.69) is 36.0 Å². The number of carbonyl (C=O) groups is 1. The van der Waals surface area contributed by atoms with Crippen LogP contribution in [0.15, 0.2) is 48.9 Å². The molecule has 4 aliphatic heterocycles. The predicted molar refractivity (Wildman–Crippen MR) is 162 cm³/mol. The molecule has 0 aliphatic carbocycles. The molecule has 4 aliphatic rings. The molecule has 0 radical (unpaired) electrons. The third-order valence-electron chi connectivity index (χ3n) is 6.97. The van der Waals surface area contributed by atoms with Crippen LogP contribution in [0, 0.1) is 0 Å². The molecule has 0 saturated heterocycles. The Kier molecular flexibility index (Phi) is 9.40. The minimum atomic E-state index is -4.81. The molecule has 0 fully saturated rings. The summed E-state index contributed by atoms with van der Waals surface area (Å²) in [5.74, 6) is -1.05. The number of nitrogens with zero attached hydrogens (tertiary/aromatic N) is 5. The number of hydrogen-bond donors (Lipinski definition) is 3. The highest BCUT2D eigenvalue weighted by Crippen LogP contribution is 2.51. The van der Waals surface area contributed by atoms with Gasteiger partial charge in [0.05, 0.1) is 37.0 Å². The second-order valence-corrected chi connectivity index (χ2v) is 12.9. The molecule has 8 bridgehead atoms. The van der Waals surface area contributed by atoms with E-state index in [9.17, 15) is 22.5 Å². The Balaban J connectivity index is 1.62. The van der Waals surface area contributed by atoms with Gasteiger partial charge in [-0.1, -0.05) is 13.0 Å². The lowest BCUT2D eigenvalue weighted by Gasteiger charge is -2.20. The van der Waals surface area contributed by atoms with E-state index in [0.29, 0.717) is 60.0 Å². The maximum atomic E-state index is 14.0. The standard InChI is InChI=1S/C29H32F3N8O4P/c1-4-12-45(42)17-18-6-7-22(24(13-18)43-3)38-28-34-15-20(29(30,31)32)26(39-28)37-23-9-8-21(36-25(23)27(41)33-2)19-14-35-40(16-19)10-5-11-44-45/h6-9,13-16H,4-5,10-12,17H2,1-3H3,(H,33,41)(H2,34,37,38,39)/t45-/m1/s1. The van der Waals surface area contributed by atoms with Crippen molar-refractivity contribution in [2.75, 3.05) is 37.6 Å². The Bertz CT molecular complexity index is 1750. The zero-order valence-electron chi connectivity index (χ0n) is 24.8. The number of nitrogens with one attached hydrogen (secondary N) is 3. The monoisotopic (exact) mass is 644 g/mol. The summed E-state index contributed by atoms with van der Waals surface area (Å²) in [6.07, 6.45) is 0.929. The van der Waals surface area contributed by atoms with Crippen molar-refractivity contribution in [1.29, 1.82) is 0 Å². The Morgan fingerprint density at radius 3 is 2.69 bits per heavy atom. The molecule has 0 unspecified atom stereocenters. The van der Waals surface area contributed by atoms with E-state index < -0.39 is 30.8 Å². The van der Waals surface area contributed by atoms with Crippen molar-refractivity contribution in [2.24, 2.45) is 0 Å². The van der Waals surface area contributed by atoms with Crippen molar-refractivity contribution in [2.45, 2.75) is 38.6 Å². The summed E-state index contributed by atoms with van der Waals surface area (Å²) >= 11 is 0. The van der Waals surface area contributed by atoms with Crippen LogP contribution in [0.5, 0.6) is 5.75 Å². The Morgan fingerprint density at radius 2 is 1.96 bits per heavy atom. The van der Waals surface area contributed by atoms with Gasteiger partial charge in [-0.3, -0.25) is 14.0 Å². The van der Waals surface area contributed by atoms with Gasteiger partial charge in [-0.2, -0.15) is 23.3 Å². The van der Waals surface area contributed by atoms with Crippen LogP contribution in [-0.2, 0) is 28.0 Å². The zero-order valence-corrected chi connectivity index (χ0v) is 25.7. The van der Waals surface area contributed by atoms with Crippen molar-refractivity contribution in [3.63, 3.8) is 0 Å². The fourth-order valence-electron chi connectivity index (χ4n) is 4.83. The minimum absolute atomic E-state index is 0.00150. The van der Waals surface area contributed by atoms with Crippen molar-refractivity contribution in [1.82, 2.24) is 30.0 Å². The molecule has 4 aromatic rings. The van der Waals surface area contributed by atoms with Crippen LogP contribution in [0.25, 0.3) is 11.3 Å². The van der Waals surface area contributed by atoms with Crippen LogP contribution in [0.2, 0.25) is 0 Å². The SMILES string of the molecule is CCC[P@]1(=O)Cc2ccc(c(OC)c2)Nc2ncc(C(F)(F)F)c(n2)Nc2ccc(nc2C(=O)NC)-c2cnn(c2)CCCO1. The molecule has 8 rings (SSSR count). The van der Waals surface area contributed by atoms with Crippen LogP contribution in [0.1, 0.15) is 41.4 Å². The molecular formula is C29H32F3N8O4P. The van der Waals surface area contributed by atoms with Crippen LogP contribution in [-0.4, -0.2) is 57.6 Å². The number of aromatic nitrogens is 5. The highest BCUT2D eigenvalue weighted by atomic mass is 31.2. The molecule has 3 aromatic heterocycles. The number of ether oxygens (including phenoxy) is 1. The molecule has 7 heterocycles. The lowest BCUT2D eigenvalue weighted by Crippen LogP contribution is -2.21. The van der Waals surface area contributed by atoms with Crippen LogP contribution in [0.3, 0.4) is 0 Å². The van der Waals surface area contributed by atoms with Gasteiger partial charge in [-0.05, 0) is 42.7 Å². The molecule has 45 heavy (non-hydrogen) atoms. The van der Waals surface area contributed by atoms with Gasteiger partial charge in [-0.25, -0.2) is 9.97 Å². The number of methoxy groups -OCH3 is 1. The topological polar surface area (TPSA) is 145 Å². The number of hydrogen-bond acceptors (Lipinski definition) is 10. The molecular weight excluding hydrogens is 612 g/mol. The normalized spacial score (nSPS) is 17.0. The lowest BCUT2D eigenvalue weighted by atomic mass is 10.1. The molecule has 12 nitrogen and oxygen atoms in total. The minimum Gasteiger partial charge on any atom is -0.495 e. The molecule has 1 aromatic carbocycles. The first-order valence-electron chi connectivity index (χ1n) is 14.2. The van der Waals surface area contributed by atoms with Crippen molar-refractivity contribution >= 4 is 36.4 Å². The van der Waals surface area contributed by atoms with Gasteiger partial charge < -0.3 is 25.2 Å². The Hall–Kier alpha value is -4.49. The molecule has 3 N–H and O–H groups in total. The number of alkyl halides is 3. The van der Waals surface area contributed by atoms with Gasteiger partial charge in [0.25, 0.3) is 5.91 Å². The molecule has 0 spiro atoms. The van der Waals surface area contributed by atoms with Gasteiger partial charge in [0.15, 0.2) is 5.69 Å². The van der Waals surface area contributed by atoms with E-state index in [4.69, 9.17) is 9.26 Å². The summed E-state index contributed by atoms with van der Waals surface area (Å²) in [6.45, 7) is 2.67. The van der Waals surface area contributed by atoms with Gasteiger partial charge in [-0.15, -0.1) is 0 Å². The largest absolute Gasteiger partial charge is 0.495 e. The van der Waals surface area contributed by atoms with Gasteiger partial charge in [0.1, 0.15) is 17.1 Å². The fraction of sp³-hybridized carbons (Fsp3) is 0.345. The number of halogens is 3. The fourth-order valence-corrected chi connectivity index (χ4v) is 7.10. The average molecular weight is 645 g/mol. The number of aryl methyl sites for hydroxylation is 1. The number of pyridine rings is 1. The van der Waals surface area contributed by atoms with Crippen molar-refractivity contribution in [3.8, 4) is 17.0 Å². The van der Waals surface area contributed by atoms with E-state index >= 15 is 0 Å². The number of benzene rings is 1. The third-order valence-corrected chi connectivity index (χ3v) is 9.60. The summed E-state index contributed by atoms with van der Waals surface area (Å²) < 4.78 is 69.1. The van der Waals surface area contributed by atoms with Crippen LogP contribution in [0.4, 0.5) is 36.3 Å². The van der Waals surface area contributed by atoms with Crippen molar-refractivity contribution in [3.05, 3.63) is 65.7 Å². The smallest absolute Gasteiger partial charge is 0.421 e. The number of anilines is 4. The highest BCUT2D eigenvalue weighted by molar-refractivity contribution is 7.58. The molecule has 16 heteroatoms. The second kappa shape index (κ2) is 13.2.